The lowest BCUT2D eigenvalue weighted by atomic mass is 9.95. The highest BCUT2D eigenvalue weighted by atomic mass is 16.4. The van der Waals surface area contributed by atoms with Crippen molar-refractivity contribution >= 4 is 28.3 Å². The normalized spacial score (nSPS) is 12.6. The van der Waals surface area contributed by atoms with Crippen molar-refractivity contribution in [1.29, 1.82) is 0 Å². The summed E-state index contributed by atoms with van der Waals surface area (Å²) in [6.45, 7) is 2.82. The van der Waals surface area contributed by atoms with E-state index >= 15 is 0 Å². The number of nitrogens with zero attached hydrogens (tertiary/aromatic N) is 2. The Balaban J connectivity index is 1.38. The Kier molecular flexibility index (Phi) is 5.19. The molecule has 1 aliphatic heterocycles. The maximum Gasteiger partial charge on any atom is 0.352 e. The molecule has 176 valence electrons. The molecule has 4 aromatic carbocycles. The Morgan fingerprint density at radius 1 is 0.750 bits per heavy atom. The number of anilines is 1. The van der Waals surface area contributed by atoms with Gasteiger partial charge < -0.3 is 14.6 Å². The van der Waals surface area contributed by atoms with E-state index in [-0.39, 0.29) is 11.6 Å². The summed E-state index contributed by atoms with van der Waals surface area (Å²) in [5.41, 5.74) is 6.74. The van der Waals surface area contributed by atoms with Crippen LogP contribution in [0.15, 0.2) is 97.1 Å². The first kappa shape index (κ1) is 21.9. The van der Waals surface area contributed by atoms with Crippen LogP contribution in [0, 0.1) is 6.92 Å². The minimum absolute atomic E-state index is 0.116. The summed E-state index contributed by atoms with van der Waals surface area (Å²) in [4.78, 5) is 27.3. The molecule has 6 rings (SSSR count). The summed E-state index contributed by atoms with van der Waals surface area (Å²) in [5.74, 6) is -1.09. The molecule has 0 spiro atoms. The zero-order chi connectivity index (χ0) is 24.8. The number of carboxylic acids is 1. The van der Waals surface area contributed by atoms with E-state index in [2.05, 4.69) is 37.3 Å². The third-order valence-corrected chi connectivity index (χ3v) is 7.05. The van der Waals surface area contributed by atoms with Crippen LogP contribution < -0.4 is 4.90 Å². The Bertz CT molecular complexity index is 1650. The molecular weight excluding hydrogens is 448 g/mol. The van der Waals surface area contributed by atoms with Crippen LogP contribution in [-0.2, 0) is 13.1 Å². The van der Waals surface area contributed by atoms with Crippen molar-refractivity contribution in [1.82, 2.24) is 4.57 Å². The van der Waals surface area contributed by atoms with Gasteiger partial charge in [-0.05, 0) is 70.3 Å². The molecule has 0 radical (unpaired) electrons. The average Bonchev–Trinajstić information content (AvgIpc) is 3.22. The van der Waals surface area contributed by atoms with Gasteiger partial charge in [0.15, 0.2) is 0 Å². The van der Waals surface area contributed by atoms with Gasteiger partial charge in [-0.3, -0.25) is 4.79 Å². The number of fused-ring (bicyclic) bond motifs is 3. The minimum atomic E-state index is -0.974. The Morgan fingerprint density at radius 2 is 1.47 bits per heavy atom. The highest BCUT2D eigenvalue weighted by molar-refractivity contribution is 6.07. The van der Waals surface area contributed by atoms with Crippen LogP contribution in [0.2, 0.25) is 0 Å². The van der Waals surface area contributed by atoms with Crippen LogP contribution in [-0.4, -0.2) is 21.6 Å². The van der Waals surface area contributed by atoms with E-state index in [0.29, 0.717) is 18.7 Å². The van der Waals surface area contributed by atoms with Crippen LogP contribution in [0.3, 0.4) is 0 Å². The summed E-state index contributed by atoms with van der Waals surface area (Å²) in [5, 5.41) is 12.0. The van der Waals surface area contributed by atoms with E-state index in [1.807, 2.05) is 54.6 Å². The Hall–Kier alpha value is -4.64. The van der Waals surface area contributed by atoms with Crippen LogP contribution in [0.25, 0.3) is 21.9 Å². The number of carbonyl (C=O) groups excluding carboxylic acids is 1. The van der Waals surface area contributed by atoms with Crippen molar-refractivity contribution in [2.24, 2.45) is 0 Å². The lowest BCUT2D eigenvalue weighted by molar-refractivity contribution is 0.0685. The highest BCUT2D eigenvalue weighted by Gasteiger charge is 2.27. The molecule has 1 aromatic heterocycles. The molecule has 5 aromatic rings. The van der Waals surface area contributed by atoms with Gasteiger partial charge in [-0.1, -0.05) is 66.7 Å². The third-order valence-electron chi connectivity index (χ3n) is 7.05. The number of para-hydroxylation sites is 1. The van der Waals surface area contributed by atoms with Gasteiger partial charge >= 0.3 is 5.97 Å². The molecule has 2 heterocycles. The number of aryl methyl sites for hydroxylation is 1. The molecule has 0 saturated carbocycles. The predicted molar refractivity (Wildman–Crippen MR) is 142 cm³/mol. The molecule has 0 unspecified atom stereocenters. The molecule has 0 saturated heterocycles. The Morgan fingerprint density at radius 3 is 2.25 bits per heavy atom. The fraction of sp³-hybridized carbons (Fsp3) is 0.0968. The summed E-state index contributed by atoms with van der Waals surface area (Å²) >= 11 is 0. The van der Waals surface area contributed by atoms with Gasteiger partial charge in [-0.25, -0.2) is 4.79 Å². The Labute approximate surface area is 208 Å². The van der Waals surface area contributed by atoms with Gasteiger partial charge in [-0.2, -0.15) is 0 Å². The lowest BCUT2D eigenvalue weighted by Gasteiger charge is -2.23. The fourth-order valence-electron chi connectivity index (χ4n) is 5.18. The molecule has 1 amide bonds. The number of benzene rings is 4. The maximum atomic E-state index is 13.8. The zero-order valence-electron chi connectivity index (χ0n) is 19.8. The van der Waals surface area contributed by atoms with Crippen molar-refractivity contribution < 1.29 is 14.7 Å². The molecule has 0 bridgehead atoms. The quantitative estimate of drug-likeness (QED) is 0.325. The van der Waals surface area contributed by atoms with Crippen LogP contribution >= 0.6 is 0 Å². The second kappa shape index (κ2) is 8.54. The molecule has 0 atom stereocenters. The number of hydrogen-bond acceptors (Lipinski definition) is 2. The maximum absolute atomic E-state index is 13.8. The summed E-state index contributed by atoms with van der Waals surface area (Å²) in [6, 6.07) is 31.5. The summed E-state index contributed by atoms with van der Waals surface area (Å²) in [7, 11) is 0. The number of carbonyl (C=O) groups is 2. The third kappa shape index (κ3) is 3.57. The monoisotopic (exact) mass is 472 g/mol. The van der Waals surface area contributed by atoms with Crippen LogP contribution in [0.4, 0.5) is 5.69 Å². The number of hydrogen-bond donors (Lipinski definition) is 1. The van der Waals surface area contributed by atoms with E-state index in [4.69, 9.17) is 0 Å². The van der Waals surface area contributed by atoms with Crippen molar-refractivity contribution in [3.05, 3.63) is 125 Å². The van der Waals surface area contributed by atoms with Gasteiger partial charge in [0.2, 0.25) is 0 Å². The number of amides is 1. The average molecular weight is 473 g/mol. The number of rotatable bonds is 3. The standard InChI is InChI=1S/C31H24N2O3/c1-20-10-16-26(27-8-4-3-7-25(20)27)21-11-13-22(14-12-21)30(34)33-19-24-15-17-29(31(35)36)32(24)18-23-6-2-5-9-28(23)33/h2-17H,18-19H2,1H3,(H,35,36). The number of aromatic carboxylic acids is 1. The van der Waals surface area contributed by atoms with Crippen LogP contribution in [0.1, 0.15) is 37.7 Å². The lowest BCUT2D eigenvalue weighted by Crippen LogP contribution is -2.30. The van der Waals surface area contributed by atoms with Crippen molar-refractivity contribution in [2.75, 3.05) is 4.90 Å². The molecule has 1 aliphatic rings. The SMILES string of the molecule is Cc1ccc(-c2ccc(C(=O)N3Cc4ccc(C(=O)O)n4Cc4ccccc43)cc2)c2ccccc12. The molecule has 5 heteroatoms. The van der Waals surface area contributed by atoms with E-state index < -0.39 is 5.97 Å². The van der Waals surface area contributed by atoms with Crippen molar-refractivity contribution in [3.63, 3.8) is 0 Å². The van der Waals surface area contributed by atoms with Crippen molar-refractivity contribution in [2.45, 2.75) is 20.0 Å². The van der Waals surface area contributed by atoms with E-state index in [0.717, 1.165) is 28.1 Å². The molecule has 36 heavy (non-hydrogen) atoms. The summed E-state index contributed by atoms with van der Waals surface area (Å²) in [6.07, 6.45) is 0. The fourth-order valence-corrected chi connectivity index (χ4v) is 5.18. The molecule has 0 fully saturated rings. The van der Waals surface area contributed by atoms with Gasteiger partial charge in [0, 0.05) is 16.9 Å². The van der Waals surface area contributed by atoms with Gasteiger partial charge in [0.05, 0.1) is 13.1 Å². The largest absolute Gasteiger partial charge is 0.477 e. The molecule has 1 N–H and O–H groups in total. The van der Waals surface area contributed by atoms with Gasteiger partial charge in [0.25, 0.3) is 5.91 Å². The topological polar surface area (TPSA) is 62.5 Å². The van der Waals surface area contributed by atoms with Gasteiger partial charge in [0.1, 0.15) is 5.69 Å². The first-order valence-corrected chi connectivity index (χ1v) is 11.9. The summed E-state index contributed by atoms with van der Waals surface area (Å²) < 4.78 is 1.78. The van der Waals surface area contributed by atoms with E-state index in [1.165, 1.54) is 16.3 Å². The second-order valence-corrected chi connectivity index (χ2v) is 9.17. The van der Waals surface area contributed by atoms with Crippen molar-refractivity contribution in [3.8, 4) is 11.1 Å². The smallest absolute Gasteiger partial charge is 0.352 e. The molecule has 0 aliphatic carbocycles. The number of aromatic nitrogens is 1. The predicted octanol–water partition coefficient (Wildman–Crippen LogP) is 6.52. The second-order valence-electron chi connectivity index (χ2n) is 9.17. The first-order valence-electron chi connectivity index (χ1n) is 11.9. The minimum Gasteiger partial charge on any atom is -0.477 e. The molecule has 5 nitrogen and oxygen atoms in total. The highest BCUT2D eigenvalue weighted by Crippen LogP contribution is 2.33. The number of carboxylic acid groups (broad SMARTS) is 1. The zero-order valence-corrected chi connectivity index (χ0v) is 19.8. The van der Waals surface area contributed by atoms with E-state index in [1.54, 1.807) is 21.6 Å². The molecular formula is C31H24N2O3. The first-order chi connectivity index (χ1) is 17.5. The van der Waals surface area contributed by atoms with Crippen LogP contribution in [0.5, 0.6) is 0 Å². The van der Waals surface area contributed by atoms with Gasteiger partial charge in [-0.15, -0.1) is 0 Å². The van der Waals surface area contributed by atoms with E-state index in [9.17, 15) is 14.7 Å².